The molecule has 18 heavy (non-hydrogen) atoms. The van der Waals surface area contributed by atoms with E-state index >= 15 is 0 Å². The number of esters is 1. The maximum absolute atomic E-state index is 11.9. The first kappa shape index (κ1) is 13.4. The van der Waals surface area contributed by atoms with Gasteiger partial charge < -0.3 is 10.5 Å². The van der Waals surface area contributed by atoms with Crippen molar-refractivity contribution in [2.45, 2.75) is 6.61 Å². The number of rotatable bonds is 3. The van der Waals surface area contributed by atoms with Crippen LogP contribution in [-0.4, -0.2) is 5.97 Å². The molecule has 0 unspecified atom stereocenters. The monoisotopic (exact) mass is 345 g/mol. The summed E-state index contributed by atoms with van der Waals surface area (Å²) in [5, 5.41) is 2.37. The van der Waals surface area contributed by atoms with E-state index in [4.69, 9.17) is 22.1 Å². The van der Waals surface area contributed by atoms with Crippen LogP contribution >= 0.6 is 38.9 Å². The second-order valence-electron chi connectivity index (χ2n) is 3.50. The van der Waals surface area contributed by atoms with Crippen molar-refractivity contribution in [3.05, 3.63) is 49.6 Å². The minimum Gasteiger partial charge on any atom is -0.456 e. The molecule has 2 N–H and O–H groups in total. The molecule has 2 rings (SSSR count). The van der Waals surface area contributed by atoms with Gasteiger partial charge >= 0.3 is 5.97 Å². The van der Waals surface area contributed by atoms with Gasteiger partial charge in [0.25, 0.3) is 0 Å². The van der Waals surface area contributed by atoms with Gasteiger partial charge in [-0.15, -0.1) is 11.3 Å². The highest BCUT2D eigenvalue weighted by molar-refractivity contribution is 9.10. The number of nitrogens with two attached hydrogens (primary N) is 1. The molecule has 0 saturated heterocycles. The summed E-state index contributed by atoms with van der Waals surface area (Å²) in [6, 6.07) is 6.62. The number of carbonyl (C=O) groups is 1. The van der Waals surface area contributed by atoms with Gasteiger partial charge in [0, 0.05) is 15.2 Å². The van der Waals surface area contributed by atoms with E-state index < -0.39 is 5.97 Å². The fourth-order valence-corrected chi connectivity index (χ4v) is 2.89. The van der Waals surface area contributed by atoms with Crippen LogP contribution in [0.1, 0.15) is 15.2 Å². The predicted molar refractivity (Wildman–Crippen MR) is 77.0 cm³/mol. The number of ether oxygens (including phenoxy) is 1. The van der Waals surface area contributed by atoms with Gasteiger partial charge in [-0.2, -0.15) is 0 Å². The number of carbonyl (C=O) groups excluding carboxylic acids is 1. The lowest BCUT2D eigenvalue weighted by molar-refractivity contribution is 0.0477. The summed E-state index contributed by atoms with van der Waals surface area (Å²) in [6.45, 7) is 0.211. The summed E-state index contributed by atoms with van der Waals surface area (Å²) < 4.78 is 6.12. The normalized spacial score (nSPS) is 10.3. The van der Waals surface area contributed by atoms with Crippen molar-refractivity contribution in [1.82, 2.24) is 0 Å². The Balaban J connectivity index is 2.08. The molecule has 1 heterocycles. The molecule has 1 aromatic heterocycles. The smallest absolute Gasteiger partial charge is 0.340 e. The third-order valence-electron chi connectivity index (χ3n) is 2.26. The number of thiophene rings is 1. The van der Waals surface area contributed by atoms with Crippen molar-refractivity contribution in [3.63, 3.8) is 0 Å². The predicted octanol–water partition coefficient (Wildman–Crippen LogP) is 4.10. The molecule has 0 aliphatic carbocycles. The van der Waals surface area contributed by atoms with Crippen LogP contribution < -0.4 is 5.73 Å². The Hall–Kier alpha value is -1.04. The minimum absolute atomic E-state index is 0.211. The van der Waals surface area contributed by atoms with Crippen molar-refractivity contribution >= 4 is 50.5 Å². The zero-order valence-electron chi connectivity index (χ0n) is 9.15. The van der Waals surface area contributed by atoms with E-state index in [1.165, 1.54) is 17.4 Å². The van der Waals surface area contributed by atoms with Crippen molar-refractivity contribution in [3.8, 4) is 0 Å². The van der Waals surface area contributed by atoms with E-state index in [0.29, 0.717) is 10.7 Å². The molecule has 0 bridgehead atoms. The largest absolute Gasteiger partial charge is 0.456 e. The van der Waals surface area contributed by atoms with Crippen molar-refractivity contribution in [1.29, 1.82) is 0 Å². The summed E-state index contributed by atoms with van der Waals surface area (Å²) in [6.07, 6.45) is 0. The van der Waals surface area contributed by atoms with Crippen molar-refractivity contribution < 1.29 is 9.53 Å². The van der Waals surface area contributed by atoms with Crippen LogP contribution in [0.3, 0.4) is 0 Å². The molecule has 94 valence electrons. The molecule has 6 heteroatoms. The van der Waals surface area contributed by atoms with Crippen molar-refractivity contribution in [2.75, 3.05) is 5.73 Å². The van der Waals surface area contributed by atoms with Crippen LogP contribution in [0.2, 0.25) is 5.02 Å². The molecule has 0 spiro atoms. The highest BCUT2D eigenvalue weighted by Crippen LogP contribution is 2.24. The van der Waals surface area contributed by atoms with Gasteiger partial charge in [-0.3, -0.25) is 0 Å². The number of hydrogen-bond donors (Lipinski definition) is 1. The molecule has 0 atom stereocenters. The Morgan fingerprint density at radius 3 is 2.89 bits per heavy atom. The second kappa shape index (κ2) is 5.73. The van der Waals surface area contributed by atoms with Gasteiger partial charge in [-0.1, -0.05) is 11.6 Å². The van der Waals surface area contributed by atoms with Gasteiger partial charge in [0.2, 0.25) is 0 Å². The van der Waals surface area contributed by atoms with Gasteiger partial charge in [0.15, 0.2) is 0 Å². The van der Waals surface area contributed by atoms with Crippen LogP contribution in [0.4, 0.5) is 5.69 Å². The molecular weight excluding hydrogens is 338 g/mol. The molecule has 1 aromatic carbocycles. The SMILES string of the molecule is Nc1ccc(Cl)cc1C(=O)OCc1sccc1Br. The summed E-state index contributed by atoms with van der Waals surface area (Å²) in [4.78, 5) is 12.8. The molecule has 0 amide bonds. The number of hydrogen-bond acceptors (Lipinski definition) is 4. The number of benzene rings is 1. The summed E-state index contributed by atoms with van der Waals surface area (Å²) in [5.74, 6) is -0.477. The fourth-order valence-electron chi connectivity index (χ4n) is 1.34. The zero-order valence-corrected chi connectivity index (χ0v) is 12.3. The van der Waals surface area contributed by atoms with Gasteiger partial charge in [0.1, 0.15) is 6.61 Å². The average Bonchev–Trinajstić information content (AvgIpc) is 2.75. The molecule has 0 radical (unpaired) electrons. The number of anilines is 1. The molecular formula is C12H9BrClNO2S. The van der Waals surface area contributed by atoms with Crippen LogP contribution in [-0.2, 0) is 11.3 Å². The average molecular weight is 347 g/mol. The second-order valence-corrected chi connectivity index (χ2v) is 5.79. The maximum Gasteiger partial charge on any atom is 0.340 e. The van der Waals surface area contributed by atoms with E-state index in [2.05, 4.69) is 15.9 Å². The lowest BCUT2D eigenvalue weighted by Gasteiger charge is -2.06. The third-order valence-corrected chi connectivity index (χ3v) is 4.40. The van der Waals surface area contributed by atoms with E-state index in [1.807, 2.05) is 11.4 Å². The van der Waals surface area contributed by atoms with Crippen LogP contribution in [0.15, 0.2) is 34.1 Å². The Kier molecular flexibility index (Phi) is 4.27. The summed E-state index contributed by atoms with van der Waals surface area (Å²) in [5.41, 5.74) is 6.35. The summed E-state index contributed by atoms with van der Waals surface area (Å²) >= 11 is 10.7. The van der Waals surface area contributed by atoms with Crippen LogP contribution in [0.5, 0.6) is 0 Å². The first-order chi connectivity index (χ1) is 8.58. The zero-order chi connectivity index (χ0) is 13.1. The molecule has 0 saturated carbocycles. The molecule has 0 fully saturated rings. The number of halogens is 2. The lowest BCUT2D eigenvalue weighted by Crippen LogP contribution is -2.08. The number of nitrogen functional groups attached to an aromatic ring is 1. The quantitative estimate of drug-likeness (QED) is 0.672. The maximum atomic E-state index is 11.9. The molecule has 3 nitrogen and oxygen atoms in total. The van der Waals surface area contributed by atoms with E-state index in [1.54, 1.807) is 12.1 Å². The highest BCUT2D eigenvalue weighted by atomic mass is 79.9. The lowest BCUT2D eigenvalue weighted by atomic mass is 10.2. The highest BCUT2D eigenvalue weighted by Gasteiger charge is 2.13. The Morgan fingerprint density at radius 2 is 2.22 bits per heavy atom. The van der Waals surface area contributed by atoms with Gasteiger partial charge in [0.05, 0.1) is 10.4 Å². The molecule has 0 aliphatic heterocycles. The standard InChI is InChI=1S/C12H9BrClNO2S/c13-9-3-4-18-11(9)6-17-12(16)8-5-7(14)1-2-10(8)15/h1-5H,6,15H2. The van der Waals surface area contributed by atoms with E-state index in [0.717, 1.165) is 9.35 Å². The first-order valence-electron chi connectivity index (χ1n) is 5.02. The molecule has 0 aliphatic rings. The Morgan fingerprint density at radius 1 is 1.44 bits per heavy atom. The van der Waals surface area contributed by atoms with Gasteiger partial charge in [-0.25, -0.2) is 4.79 Å². The third kappa shape index (κ3) is 3.04. The van der Waals surface area contributed by atoms with Crippen LogP contribution in [0, 0.1) is 0 Å². The first-order valence-corrected chi connectivity index (χ1v) is 7.07. The van der Waals surface area contributed by atoms with Crippen LogP contribution in [0.25, 0.3) is 0 Å². The molecule has 2 aromatic rings. The summed E-state index contributed by atoms with van der Waals surface area (Å²) in [7, 11) is 0. The van der Waals surface area contributed by atoms with Crippen molar-refractivity contribution in [2.24, 2.45) is 0 Å². The minimum atomic E-state index is -0.477. The topological polar surface area (TPSA) is 52.3 Å². The Bertz CT molecular complexity index is 585. The fraction of sp³-hybridized carbons (Fsp3) is 0.0833. The van der Waals surface area contributed by atoms with E-state index in [-0.39, 0.29) is 12.2 Å². The van der Waals surface area contributed by atoms with E-state index in [9.17, 15) is 4.79 Å². The van der Waals surface area contributed by atoms with Gasteiger partial charge in [-0.05, 0) is 45.6 Å². The Labute approximate surface area is 122 Å².